The van der Waals surface area contributed by atoms with E-state index < -0.39 is 10.0 Å². The minimum Gasteiger partial charge on any atom is -0.342 e. The van der Waals surface area contributed by atoms with Crippen molar-refractivity contribution >= 4 is 21.8 Å². The highest BCUT2D eigenvalue weighted by Crippen LogP contribution is 2.11. The van der Waals surface area contributed by atoms with E-state index in [0.29, 0.717) is 18.7 Å². The minimum atomic E-state index is -3.53. The third kappa shape index (κ3) is 4.77. The van der Waals surface area contributed by atoms with Gasteiger partial charge in [0.05, 0.1) is 11.4 Å². The fourth-order valence-electron chi connectivity index (χ4n) is 2.07. The van der Waals surface area contributed by atoms with Gasteiger partial charge in [-0.05, 0) is 45.2 Å². The highest BCUT2D eigenvalue weighted by atomic mass is 32.2. The Balaban J connectivity index is 2.83. The summed E-state index contributed by atoms with van der Waals surface area (Å²) < 4.78 is 25.5. The van der Waals surface area contributed by atoms with E-state index in [2.05, 4.69) is 4.72 Å². The summed E-state index contributed by atoms with van der Waals surface area (Å²) in [6.07, 6.45) is 0. The van der Waals surface area contributed by atoms with Gasteiger partial charge in [0, 0.05) is 25.7 Å². The quantitative estimate of drug-likeness (QED) is 0.784. The second-order valence-corrected chi connectivity index (χ2v) is 6.85. The summed E-state index contributed by atoms with van der Waals surface area (Å²) in [5, 5.41) is 0. The van der Waals surface area contributed by atoms with Crippen molar-refractivity contribution in [2.75, 3.05) is 33.7 Å². The maximum Gasteiger partial charge on any atom is 0.254 e. The van der Waals surface area contributed by atoms with Gasteiger partial charge in [-0.2, -0.15) is 0 Å². The normalized spacial score (nSPS) is 11.1. The zero-order valence-corrected chi connectivity index (χ0v) is 14.7. The van der Waals surface area contributed by atoms with Crippen LogP contribution in [0.3, 0.4) is 0 Å². The van der Waals surface area contributed by atoms with Gasteiger partial charge in [-0.1, -0.05) is 0 Å². The van der Waals surface area contributed by atoms with E-state index in [4.69, 9.17) is 0 Å². The van der Waals surface area contributed by atoms with Crippen LogP contribution in [0.25, 0.3) is 0 Å². The molecule has 0 aliphatic heterocycles. The molecule has 1 aromatic rings. The lowest BCUT2D eigenvalue weighted by atomic mass is 10.2. The molecule has 0 saturated heterocycles. The first-order chi connectivity index (χ1) is 10.8. The molecule has 0 saturated carbocycles. The van der Waals surface area contributed by atoms with Gasteiger partial charge in [0.1, 0.15) is 0 Å². The van der Waals surface area contributed by atoms with Crippen molar-refractivity contribution < 1.29 is 18.0 Å². The van der Waals surface area contributed by atoms with Gasteiger partial charge >= 0.3 is 0 Å². The number of carbonyl (C=O) groups excluding carboxylic acids is 2. The van der Waals surface area contributed by atoms with Gasteiger partial charge in [0.15, 0.2) is 0 Å². The molecule has 0 aliphatic carbocycles. The second-order valence-electron chi connectivity index (χ2n) is 4.96. The van der Waals surface area contributed by atoms with Crippen LogP contribution < -0.4 is 4.72 Å². The molecule has 0 heterocycles. The van der Waals surface area contributed by atoms with Crippen molar-refractivity contribution in [1.29, 1.82) is 0 Å². The van der Waals surface area contributed by atoms with E-state index in [9.17, 15) is 18.0 Å². The Morgan fingerprint density at radius 1 is 1.09 bits per heavy atom. The van der Waals surface area contributed by atoms with E-state index in [1.54, 1.807) is 11.9 Å². The predicted octanol–water partition coefficient (Wildman–Crippen LogP) is 0.535. The second kappa shape index (κ2) is 8.07. The van der Waals surface area contributed by atoms with Crippen molar-refractivity contribution in [3.05, 3.63) is 29.8 Å². The van der Waals surface area contributed by atoms with Crippen LogP contribution in [0.2, 0.25) is 0 Å². The molecule has 23 heavy (non-hydrogen) atoms. The molecule has 0 atom stereocenters. The standard InChI is InChI=1S/C15H23N3O4S/c1-5-18(6-2)14(19)11-17(4)15(20)12-7-9-13(10-8-12)23(21,22)16-3/h7-10,16H,5-6,11H2,1-4H3. The SMILES string of the molecule is CCN(CC)C(=O)CN(C)C(=O)c1ccc(S(=O)(=O)NC)cc1. The molecule has 8 heteroatoms. The number of carbonyl (C=O) groups is 2. The Morgan fingerprint density at radius 3 is 2.04 bits per heavy atom. The fourth-order valence-corrected chi connectivity index (χ4v) is 2.80. The topological polar surface area (TPSA) is 86.8 Å². The molecule has 1 N–H and O–H groups in total. The number of hydrogen-bond acceptors (Lipinski definition) is 4. The lowest BCUT2D eigenvalue weighted by Crippen LogP contribution is -2.41. The van der Waals surface area contributed by atoms with Gasteiger partial charge in [-0.15, -0.1) is 0 Å². The molecule has 0 bridgehead atoms. The highest BCUT2D eigenvalue weighted by molar-refractivity contribution is 7.89. The third-order valence-corrected chi connectivity index (χ3v) is 4.95. The maximum absolute atomic E-state index is 12.3. The van der Waals surface area contributed by atoms with E-state index in [0.717, 1.165) is 0 Å². The molecular formula is C15H23N3O4S. The molecule has 2 amide bonds. The average molecular weight is 341 g/mol. The van der Waals surface area contributed by atoms with Crippen LogP contribution in [0.1, 0.15) is 24.2 Å². The van der Waals surface area contributed by atoms with Crippen LogP contribution in [0.15, 0.2) is 29.2 Å². The van der Waals surface area contributed by atoms with Gasteiger partial charge in [0.2, 0.25) is 15.9 Å². The number of nitrogens with zero attached hydrogens (tertiary/aromatic N) is 2. The molecule has 0 radical (unpaired) electrons. The molecule has 1 aromatic carbocycles. The van der Waals surface area contributed by atoms with Crippen LogP contribution in [-0.4, -0.2) is 63.8 Å². The first-order valence-electron chi connectivity index (χ1n) is 7.33. The van der Waals surface area contributed by atoms with E-state index in [1.807, 2.05) is 13.8 Å². The van der Waals surface area contributed by atoms with E-state index >= 15 is 0 Å². The van der Waals surface area contributed by atoms with E-state index in [1.165, 1.54) is 36.2 Å². The fraction of sp³-hybridized carbons (Fsp3) is 0.467. The Kier molecular flexibility index (Phi) is 6.71. The van der Waals surface area contributed by atoms with Gasteiger partial charge < -0.3 is 9.80 Å². The zero-order chi connectivity index (χ0) is 17.6. The van der Waals surface area contributed by atoms with Crippen LogP contribution in [0.5, 0.6) is 0 Å². The van der Waals surface area contributed by atoms with Crippen LogP contribution >= 0.6 is 0 Å². The molecule has 0 fully saturated rings. The summed E-state index contributed by atoms with van der Waals surface area (Å²) in [6.45, 7) is 4.92. The van der Waals surface area contributed by atoms with Gasteiger partial charge in [-0.25, -0.2) is 13.1 Å². The Bertz CT molecular complexity index is 652. The molecule has 0 aromatic heterocycles. The van der Waals surface area contributed by atoms with Crippen molar-refractivity contribution in [2.24, 2.45) is 0 Å². The number of sulfonamides is 1. The Labute approximate surface area is 137 Å². The van der Waals surface area contributed by atoms with Gasteiger partial charge in [-0.3, -0.25) is 9.59 Å². The minimum absolute atomic E-state index is 0.0168. The Morgan fingerprint density at radius 2 is 1.61 bits per heavy atom. The molecule has 0 spiro atoms. The Hall–Kier alpha value is -1.93. The number of likely N-dealkylation sites (N-methyl/N-ethyl adjacent to an activating group) is 2. The van der Waals surface area contributed by atoms with Crippen molar-refractivity contribution in [2.45, 2.75) is 18.7 Å². The van der Waals surface area contributed by atoms with E-state index in [-0.39, 0.29) is 23.3 Å². The first kappa shape index (κ1) is 19.1. The summed E-state index contributed by atoms with van der Waals surface area (Å²) >= 11 is 0. The lowest BCUT2D eigenvalue weighted by Gasteiger charge is -2.23. The zero-order valence-electron chi connectivity index (χ0n) is 13.9. The summed E-state index contributed by atoms with van der Waals surface area (Å²) in [7, 11) is -0.670. The molecule has 0 unspecified atom stereocenters. The summed E-state index contributed by atoms with van der Waals surface area (Å²) in [6, 6.07) is 5.59. The molecule has 1 rings (SSSR count). The summed E-state index contributed by atoms with van der Waals surface area (Å²) in [5.74, 6) is -0.459. The largest absolute Gasteiger partial charge is 0.342 e. The van der Waals surface area contributed by atoms with Crippen molar-refractivity contribution in [3.8, 4) is 0 Å². The van der Waals surface area contributed by atoms with Crippen molar-refractivity contribution in [1.82, 2.24) is 14.5 Å². The highest BCUT2D eigenvalue weighted by Gasteiger charge is 2.19. The summed E-state index contributed by atoms with van der Waals surface area (Å²) in [5.41, 5.74) is 0.329. The molecular weight excluding hydrogens is 318 g/mol. The smallest absolute Gasteiger partial charge is 0.254 e. The average Bonchev–Trinajstić information content (AvgIpc) is 2.55. The third-order valence-electron chi connectivity index (χ3n) is 3.52. The van der Waals surface area contributed by atoms with Gasteiger partial charge in [0.25, 0.3) is 5.91 Å². The van der Waals surface area contributed by atoms with Crippen LogP contribution in [-0.2, 0) is 14.8 Å². The number of hydrogen-bond donors (Lipinski definition) is 1. The monoisotopic (exact) mass is 341 g/mol. The number of rotatable bonds is 7. The first-order valence-corrected chi connectivity index (χ1v) is 8.82. The predicted molar refractivity (Wildman–Crippen MR) is 87.6 cm³/mol. The molecule has 0 aliphatic rings. The van der Waals surface area contributed by atoms with Crippen LogP contribution in [0, 0.1) is 0 Å². The van der Waals surface area contributed by atoms with Crippen LogP contribution in [0.4, 0.5) is 0 Å². The summed E-state index contributed by atoms with van der Waals surface area (Å²) in [4.78, 5) is 27.4. The number of nitrogens with one attached hydrogen (secondary N) is 1. The van der Waals surface area contributed by atoms with Crippen molar-refractivity contribution in [3.63, 3.8) is 0 Å². The lowest BCUT2D eigenvalue weighted by molar-refractivity contribution is -0.131. The molecule has 7 nitrogen and oxygen atoms in total. The number of benzene rings is 1. The maximum atomic E-state index is 12.3. The molecule has 128 valence electrons. The number of amides is 2.